The van der Waals surface area contributed by atoms with Gasteiger partial charge in [0.2, 0.25) is 10.0 Å². The smallest absolute Gasteiger partial charge is 0.303 e. The van der Waals surface area contributed by atoms with Gasteiger partial charge in [-0.05, 0) is 43.2 Å². The van der Waals surface area contributed by atoms with Gasteiger partial charge in [-0.1, -0.05) is 48.0 Å². The van der Waals surface area contributed by atoms with E-state index in [4.69, 9.17) is 16.7 Å². The summed E-state index contributed by atoms with van der Waals surface area (Å²) in [5.74, 6) is -1.13. The van der Waals surface area contributed by atoms with Crippen LogP contribution in [0.5, 0.6) is 0 Å². The van der Waals surface area contributed by atoms with Gasteiger partial charge >= 0.3 is 5.97 Å². The number of hydrogen-bond donors (Lipinski definition) is 1. The molecule has 0 amide bonds. The van der Waals surface area contributed by atoms with Crippen LogP contribution in [0.15, 0.2) is 66.9 Å². The number of carboxylic acid groups (broad SMARTS) is 1. The summed E-state index contributed by atoms with van der Waals surface area (Å²) in [4.78, 5) is 15.3. The molecule has 0 aliphatic carbocycles. The van der Waals surface area contributed by atoms with Crippen molar-refractivity contribution in [3.63, 3.8) is 0 Å². The monoisotopic (exact) mass is 468 g/mol. The third-order valence-corrected chi connectivity index (χ3v) is 7.00. The van der Waals surface area contributed by atoms with E-state index in [-0.39, 0.29) is 12.2 Å². The summed E-state index contributed by atoms with van der Waals surface area (Å²) in [5, 5.41) is 11.1. The Kier molecular flexibility index (Phi) is 6.30. The van der Waals surface area contributed by atoms with Crippen LogP contribution in [0.1, 0.15) is 24.1 Å². The van der Waals surface area contributed by atoms with E-state index in [0.717, 1.165) is 16.5 Å². The number of aromatic nitrogens is 2. The number of aliphatic carboxylic acids is 1. The molecule has 32 heavy (non-hydrogen) atoms. The van der Waals surface area contributed by atoms with Crippen molar-refractivity contribution in [2.45, 2.75) is 19.3 Å². The molecular weight excluding hydrogens is 448 g/mol. The van der Waals surface area contributed by atoms with Crippen LogP contribution < -0.4 is 0 Å². The molecule has 0 radical (unpaired) electrons. The lowest BCUT2D eigenvalue weighted by Gasteiger charge is -2.10. The average molecular weight is 469 g/mol. The van der Waals surface area contributed by atoms with Gasteiger partial charge in [0.1, 0.15) is 0 Å². The zero-order valence-corrected chi connectivity index (χ0v) is 18.7. The maximum Gasteiger partial charge on any atom is 0.303 e. The number of para-hydroxylation sites is 1. The second-order valence-corrected chi connectivity index (χ2v) is 9.75. The Balaban J connectivity index is 1.67. The molecule has 4 aromatic rings. The molecule has 164 valence electrons. The van der Waals surface area contributed by atoms with Crippen molar-refractivity contribution in [3.8, 4) is 0 Å². The first kappa shape index (κ1) is 22.0. The molecule has 2 heterocycles. The number of halogens is 1. The van der Waals surface area contributed by atoms with Crippen molar-refractivity contribution < 1.29 is 18.3 Å². The number of carboxylic acids is 1. The molecule has 0 fully saturated rings. The minimum Gasteiger partial charge on any atom is -0.481 e. The quantitative estimate of drug-likeness (QED) is 0.386. The summed E-state index contributed by atoms with van der Waals surface area (Å²) >= 11 is 6.09. The van der Waals surface area contributed by atoms with Crippen LogP contribution in [0.4, 0.5) is 0 Å². The van der Waals surface area contributed by atoms with Gasteiger partial charge in [0, 0.05) is 39.7 Å². The summed E-state index contributed by atoms with van der Waals surface area (Å²) in [5.41, 5.74) is 2.71. The van der Waals surface area contributed by atoms with Crippen molar-refractivity contribution in [2.75, 3.05) is 5.75 Å². The first-order chi connectivity index (χ1) is 15.3. The number of rotatable bonds is 8. The molecule has 2 aromatic carbocycles. The lowest BCUT2D eigenvalue weighted by molar-refractivity contribution is -0.137. The van der Waals surface area contributed by atoms with Crippen LogP contribution in [0.3, 0.4) is 0 Å². The molecule has 1 N–H and O–H groups in total. The van der Waals surface area contributed by atoms with Crippen molar-refractivity contribution >= 4 is 55.5 Å². The largest absolute Gasteiger partial charge is 0.481 e. The van der Waals surface area contributed by atoms with E-state index in [1.165, 1.54) is 3.97 Å². The minimum absolute atomic E-state index is 0.0314. The summed E-state index contributed by atoms with van der Waals surface area (Å²) in [6.07, 6.45) is 5.72. The summed E-state index contributed by atoms with van der Waals surface area (Å²) in [6.45, 7) is 0. The highest BCUT2D eigenvalue weighted by Crippen LogP contribution is 2.27. The second-order valence-electron chi connectivity index (χ2n) is 7.45. The molecule has 0 aliphatic rings. The fraction of sp³-hybridized carbons (Fsp3) is 0.167. The molecule has 4 rings (SSSR count). The number of carbonyl (C=O) groups is 1. The van der Waals surface area contributed by atoms with Gasteiger partial charge in [-0.3, -0.25) is 9.78 Å². The van der Waals surface area contributed by atoms with Gasteiger partial charge in [0.15, 0.2) is 0 Å². The maximum absolute atomic E-state index is 13.3. The lowest BCUT2D eigenvalue weighted by Crippen LogP contribution is -2.18. The Bertz CT molecular complexity index is 1440. The molecule has 2 aromatic heterocycles. The van der Waals surface area contributed by atoms with Crippen LogP contribution in [0, 0.1) is 0 Å². The van der Waals surface area contributed by atoms with E-state index in [0.29, 0.717) is 34.5 Å². The number of fused-ring (bicyclic) bond motifs is 2. The zero-order valence-electron chi connectivity index (χ0n) is 17.1. The fourth-order valence-corrected chi connectivity index (χ4v) is 5.41. The predicted molar refractivity (Wildman–Crippen MR) is 127 cm³/mol. The fourth-order valence-electron chi connectivity index (χ4n) is 3.78. The van der Waals surface area contributed by atoms with E-state index in [1.54, 1.807) is 42.6 Å². The Labute approximate surface area is 190 Å². The first-order valence-electron chi connectivity index (χ1n) is 10.1. The number of hydrogen-bond acceptors (Lipinski definition) is 4. The highest BCUT2D eigenvalue weighted by Gasteiger charge is 2.20. The minimum atomic E-state index is -3.74. The van der Waals surface area contributed by atoms with Crippen molar-refractivity contribution in [3.05, 3.63) is 83.2 Å². The van der Waals surface area contributed by atoms with Crippen LogP contribution in [-0.2, 0) is 21.2 Å². The number of benzene rings is 2. The number of aryl methyl sites for hydroxylation is 1. The van der Waals surface area contributed by atoms with Gasteiger partial charge < -0.3 is 5.11 Å². The normalized spacial score (nSPS) is 12.2. The Morgan fingerprint density at radius 2 is 1.91 bits per heavy atom. The second kappa shape index (κ2) is 9.14. The third-order valence-electron chi connectivity index (χ3n) is 5.16. The molecule has 0 saturated carbocycles. The average Bonchev–Trinajstić information content (AvgIpc) is 3.11. The number of pyridine rings is 1. The molecule has 8 heteroatoms. The lowest BCUT2D eigenvalue weighted by atomic mass is 10.1. The van der Waals surface area contributed by atoms with Crippen LogP contribution in [-0.4, -0.2) is 34.2 Å². The summed E-state index contributed by atoms with van der Waals surface area (Å²) in [7, 11) is -3.74. The van der Waals surface area contributed by atoms with E-state index in [9.17, 15) is 13.2 Å². The SMILES string of the molecule is O=C(O)CCCc1cc2cc(Cl)ccc2n1S(=O)(=O)CC=Cc1cccc2cccnc12. The first-order valence-corrected chi connectivity index (χ1v) is 12.1. The predicted octanol–water partition coefficient (Wildman–Crippen LogP) is 5.14. The van der Waals surface area contributed by atoms with E-state index >= 15 is 0 Å². The summed E-state index contributed by atoms with van der Waals surface area (Å²) < 4.78 is 27.9. The van der Waals surface area contributed by atoms with E-state index in [2.05, 4.69) is 4.98 Å². The molecule has 6 nitrogen and oxygen atoms in total. The highest BCUT2D eigenvalue weighted by molar-refractivity contribution is 7.90. The van der Waals surface area contributed by atoms with Crippen molar-refractivity contribution in [1.82, 2.24) is 8.96 Å². The molecule has 0 spiro atoms. The van der Waals surface area contributed by atoms with Crippen molar-refractivity contribution in [1.29, 1.82) is 0 Å². The highest BCUT2D eigenvalue weighted by atomic mass is 35.5. The number of nitrogens with zero attached hydrogens (tertiary/aromatic N) is 2. The van der Waals surface area contributed by atoms with Gasteiger partial charge in [0.05, 0.1) is 16.8 Å². The van der Waals surface area contributed by atoms with Crippen LogP contribution in [0.25, 0.3) is 27.9 Å². The molecule has 0 aliphatic heterocycles. The standard InChI is InChI=1S/C24H21ClN2O4S/c25-20-11-12-22-19(15-20)16-21(9-2-10-23(28)29)27(22)32(30,31)14-4-8-18-6-1-5-17-7-3-13-26-24(17)18/h1,3-8,11-13,15-16H,2,9-10,14H2,(H,28,29). The van der Waals surface area contributed by atoms with Crippen LogP contribution in [0.2, 0.25) is 5.02 Å². The van der Waals surface area contributed by atoms with E-state index in [1.807, 2.05) is 30.3 Å². The molecule has 0 atom stereocenters. The maximum atomic E-state index is 13.3. The molecule has 0 saturated heterocycles. The third kappa shape index (κ3) is 4.69. The van der Waals surface area contributed by atoms with Gasteiger partial charge in [-0.25, -0.2) is 12.4 Å². The molecule has 0 bridgehead atoms. The van der Waals surface area contributed by atoms with Gasteiger partial charge in [0.25, 0.3) is 0 Å². The Morgan fingerprint density at radius 1 is 1.09 bits per heavy atom. The molecular formula is C24H21ClN2O4S. The Morgan fingerprint density at radius 3 is 2.72 bits per heavy atom. The Hall–Kier alpha value is -3.16. The zero-order chi connectivity index (χ0) is 22.7. The van der Waals surface area contributed by atoms with Gasteiger partial charge in [-0.15, -0.1) is 0 Å². The van der Waals surface area contributed by atoms with Crippen molar-refractivity contribution in [2.24, 2.45) is 0 Å². The van der Waals surface area contributed by atoms with E-state index < -0.39 is 16.0 Å². The van der Waals surface area contributed by atoms with Crippen LogP contribution >= 0.6 is 11.6 Å². The molecule has 0 unspecified atom stereocenters. The van der Waals surface area contributed by atoms with Gasteiger partial charge in [-0.2, -0.15) is 0 Å². The summed E-state index contributed by atoms with van der Waals surface area (Å²) in [6, 6.07) is 16.4. The topological polar surface area (TPSA) is 89.3 Å².